The Bertz CT molecular complexity index is 1760. The van der Waals surface area contributed by atoms with Crippen LogP contribution in [0, 0.1) is 11.6 Å². The van der Waals surface area contributed by atoms with Crippen molar-refractivity contribution in [3.8, 4) is 34.1 Å². The molecule has 8 nitrogen and oxygen atoms in total. The molecule has 0 unspecified atom stereocenters. The second-order valence-corrected chi connectivity index (χ2v) is 10.3. The van der Waals surface area contributed by atoms with Gasteiger partial charge in [0.05, 0.1) is 31.3 Å². The number of phenols is 1. The maximum Gasteiger partial charge on any atom is 0.339 e. The third-order valence-electron chi connectivity index (χ3n) is 7.29. The van der Waals surface area contributed by atoms with Gasteiger partial charge in [0.15, 0.2) is 11.6 Å². The first kappa shape index (κ1) is 27.7. The van der Waals surface area contributed by atoms with Gasteiger partial charge in [-0.2, -0.15) is 0 Å². The second kappa shape index (κ2) is 10.6. The zero-order valence-corrected chi connectivity index (χ0v) is 22.9. The summed E-state index contributed by atoms with van der Waals surface area (Å²) in [5, 5.41) is 24.9. The Morgan fingerprint density at radius 1 is 1.05 bits per heavy atom. The van der Waals surface area contributed by atoms with Crippen molar-refractivity contribution >= 4 is 16.9 Å². The molecule has 5 rings (SSSR count). The molecular formula is C31H28F2N2O6. The van der Waals surface area contributed by atoms with Gasteiger partial charge < -0.3 is 28.8 Å². The number of methoxy groups -OCH3 is 2. The van der Waals surface area contributed by atoms with Gasteiger partial charge in [0, 0.05) is 40.1 Å². The van der Waals surface area contributed by atoms with Gasteiger partial charge in [-0.05, 0) is 48.7 Å². The number of hydrogen-bond acceptors (Lipinski definition) is 6. The minimum absolute atomic E-state index is 0.00719. The van der Waals surface area contributed by atoms with Crippen molar-refractivity contribution in [3.63, 3.8) is 0 Å². The van der Waals surface area contributed by atoms with Crippen LogP contribution in [-0.4, -0.2) is 40.1 Å². The summed E-state index contributed by atoms with van der Waals surface area (Å²) in [6.45, 7) is 4.01. The molecular weight excluding hydrogens is 534 g/mol. The molecule has 0 aliphatic carbocycles. The van der Waals surface area contributed by atoms with Gasteiger partial charge in [-0.25, -0.2) is 13.6 Å². The molecule has 0 radical (unpaired) electrons. The van der Waals surface area contributed by atoms with Crippen LogP contribution in [0.1, 0.15) is 41.9 Å². The fraction of sp³-hybridized carbons (Fsp3) is 0.226. The number of carboxylic acids is 1. The molecule has 0 spiro atoms. The maximum atomic E-state index is 14.9. The molecule has 0 bridgehead atoms. The fourth-order valence-electron chi connectivity index (χ4n) is 5.29. The van der Waals surface area contributed by atoms with E-state index < -0.39 is 23.0 Å². The molecule has 3 aromatic carbocycles. The first-order valence-electron chi connectivity index (χ1n) is 12.8. The van der Waals surface area contributed by atoms with E-state index in [9.17, 15) is 23.8 Å². The molecule has 0 saturated heterocycles. The number of aromatic nitrogens is 2. The molecule has 10 heteroatoms. The van der Waals surface area contributed by atoms with Crippen LogP contribution in [0.5, 0.6) is 17.2 Å². The maximum absolute atomic E-state index is 14.9. The first-order chi connectivity index (χ1) is 19.6. The van der Waals surface area contributed by atoms with Crippen LogP contribution >= 0.6 is 0 Å². The lowest BCUT2D eigenvalue weighted by Gasteiger charge is -2.29. The summed E-state index contributed by atoms with van der Waals surface area (Å²) in [6.07, 6.45) is 4.36. The number of ether oxygens (including phenoxy) is 2. The Morgan fingerprint density at radius 3 is 2.46 bits per heavy atom. The molecule has 0 aliphatic heterocycles. The van der Waals surface area contributed by atoms with Gasteiger partial charge in [0.25, 0.3) is 0 Å². The van der Waals surface area contributed by atoms with Crippen LogP contribution < -0.4 is 9.47 Å². The summed E-state index contributed by atoms with van der Waals surface area (Å²) in [5.41, 5.74) is 2.76. The molecule has 2 N–H and O–H groups in total. The minimum atomic E-state index is -1.16. The van der Waals surface area contributed by atoms with Crippen LogP contribution in [-0.2, 0) is 11.8 Å². The number of halogens is 2. The lowest BCUT2D eigenvalue weighted by Crippen LogP contribution is -2.23. The fourth-order valence-corrected chi connectivity index (χ4v) is 5.29. The number of rotatable bonds is 9. The Kier molecular flexibility index (Phi) is 7.17. The molecule has 212 valence electrons. The van der Waals surface area contributed by atoms with Crippen molar-refractivity contribution in [2.75, 3.05) is 14.2 Å². The Hall–Kier alpha value is -4.86. The van der Waals surface area contributed by atoms with E-state index in [0.29, 0.717) is 46.3 Å². The molecule has 0 saturated carbocycles. The topological polar surface area (TPSA) is 107 Å². The molecule has 0 aliphatic rings. The van der Waals surface area contributed by atoms with Gasteiger partial charge >= 0.3 is 5.97 Å². The highest BCUT2D eigenvalue weighted by Gasteiger charge is 2.34. The highest BCUT2D eigenvalue weighted by Crippen LogP contribution is 2.48. The lowest BCUT2D eigenvalue weighted by molar-refractivity contribution is 0.0693. The van der Waals surface area contributed by atoms with Crippen molar-refractivity contribution in [3.05, 3.63) is 89.4 Å². The van der Waals surface area contributed by atoms with Crippen LogP contribution in [0.2, 0.25) is 0 Å². The summed E-state index contributed by atoms with van der Waals surface area (Å²) in [6, 6.07) is 11.3. The van der Waals surface area contributed by atoms with E-state index in [1.807, 2.05) is 13.8 Å². The van der Waals surface area contributed by atoms with Crippen molar-refractivity contribution in [2.24, 2.45) is 0 Å². The van der Waals surface area contributed by atoms with Crippen LogP contribution in [0.15, 0.2) is 65.5 Å². The molecule has 0 fully saturated rings. The Labute approximate surface area is 234 Å². The number of aromatic carboxylic acids is 1. The smallest absolute Gasteiger partial charge is 0.339 e. The number of carboxylic acid groups (broad SMARTS) is 1. The van der Waals surface area contributed by atoms with E-state index in [0.717, 1.165) is 11.6 Å². The van der Waals surface area contributed by atoms with Gasteiger partial charge in [-0.1, -0.05) is 25.1 Å². The van der Waals surface area contributed by atoms with E-state index in [1.165, 1.54) is 38.5 Å². The summed E-state index contributed by atoms with van der Waals surface area (Å²) in [7, 11) is 2.73. The Morgan fingerprint density at radius 2 is 1.80 bits per heavy atom. The standard InChI is InChI=1S/C31H28F2N2O6/c1-31(2,10-9-17-15-34-41-16-17)29-27(18-5-7-21(30(37)38)25(11-18)39-3)28-23(12-19(32)13-24(28)36)35(29)20-6-8-22(33)26(14-20)40-4/h5-8,11-16,36H,9-10H2,1-4H3,(H,37,38). The third-order valence-corrected chi connectivity index (χ3v) is 7.29. The van der Waals surface area contributed by atoms with Crippen molar-refractivity contribution in [2.45, 2.75) is 32.1 Å². The molecule has 41 heavy (non-hydrogen) atoms. The number of hydrogen-bond donors (Lipinski definition) is 2. The monoisotopic (exact) mass is 562 g/mol. The van der Waals surface area contributed by atoms with Gasteiger partial charge in [0.1, 0.15) is 29.1 Å². The molecule has 2 heterocycles. The summed E-state index contributed by atoms with van der Waals surface area (Å²) in [5.74, 6) is -2.58. The average molecular weight is 563 g/mol. The van der Waals surface area contributed by atoms with Crippen molar-refractivity contribution < 1.29 is 37.8 Å². The Balaban J connectivity index is 1.89. The normalized spacial score (nSPS) is 11.7. The zero-order valence-electron chi connectivity index (χ0n) is 22.9. The van der Waals surface area contributed by atoms with Crippen LogP contribution in [0.4, 0.5) is 8.78 Å². The number of benzene rings is 3. The van der Waals surface area contributed by atoms with E-state index in [4.69, 9.17) is 14.0 Å². The zero-order chi connectivity index (χ0) is 29.5. The summed E-state index contributed by atoms with van der Waals surface area (Å²) >= 11 is 0. The SMILES string of the molecule is COc1cc(-n2c(C(C)(C)CCc3cnoc3)c(-c3ccc(C(=O)O)c(OC)c3)c3c(O)cc(F)cc32)ccc1F. The molecule has 0 amide bonds. The van der Waals surface area contributed by atoms with Gasteiger partial charge in [0.2, 0.25) is 0 Å². The summed E-state index contributed by atoms with van der Waals surface area (Å²) in [4.78, 5) is 11.8. The lowest BCUT2D eigenvalue weighted by atomic mass is 9.79. The largest absolute Gasteiger partial charge is 0.507 e. The highest BCUT2D eigenvalue weighted by molar-refractivity contribution is 6.04. The van der Waals surface area contributed by atoms with Crippen LogP contribution in [0.3, 0.4) is 0 Å². The average Bonchev–Trinajstić information content (AvgIpc) is 3.58. The van der Waals surface area contributed by atoms with Crippen molar-refractivity contribution in [1.82, 2.24) is 9.72 Å². The third kappa shape index (κ3) is 4.97. The number of nitrogens with zero attached hydrogens (tertiary/aromatic N) is 2. The molecule has 0 atom stereocenters. The van der Waals surface area contributed by atoms with Crippen LogP contribution in [0.25, 0.3) is 27.7 Å². The minimum Gasteiger partial charge on any atom is -0.507 e. The first-order valence-corrected chi connectivity index (χ1v) is 12.8. The quantitative estimate of drug-likeness (QED) is 0.201. The molecule has 2 aromatic heterocycles. The van der Waals surface area contributed by atoms with E-state index in [1.54, 1.807) is 35.2 Å². The predicted molar refractivity (Wildman–Crippen MR) is 148 cm³/mol. The van der Waals surface area contributed by atoms with Gasteiger partial charge in [-0.15, -0.1) is 0 Å². The predicted octanol–water partition coefficient (Wildman–Crippen LogP) is 6.90. The van der Waals surface area contributed by atoms with Crippen molar-refractivity contribution in [1.29, 1.82) is 0 Å². The summed E-state index contributed by atoms with van der Waals surface area (Å²) < 4.78 is 46.8. The van der Waals surface area contributed by atoms with E-state index in [-0.39, 0.29) is 22.8 Å². The van der Waals surface area contributed by atoms with E-state index in [2.05, 4.69) is 5.16 Å². The van der Waals surface area contributed by atoms with Gasteiger partial charge in [-0.3, -0.25) is 0 Å². The number of carbonyl (C=O) groups is 1. The van der Waals surface area contributed by atoms with E-state index >= 15 is 0 Å². The highest BCUT2D eigenvalue weighted by atomic mass is 19.1. The molecule has 5 aromatic rings. The number of aromatic hydroxyl groups is 1. The number of aryl methyl sites for hydroxylation is 1. The second-order valence-electron chi connectivity index (χ2n) is 10.3. The number of fused-ring (bicyclic) bond motifs is 1. The number of phenolic OH excluding ortho intramolecular Hbond substituents is 1.